The Balaban J connectivity index is 1.59. The van der Waals surface area contributed by atoms with Gasteiger partial charge in [0.1, 0.15) is 0 Å². The van der Waals surface area contributed by atoms with E-state index in [-0.39, 0.29) is 44.1 Å². The smallest absolute Gasteiger partial charge is 0.228 e. The van der Waals surface area contributed by atoms with Crippen molar-refractivity contribution in [1.29, 1.82) is 0 Å². The van der Waals surface area contributed by atoms with Gasteiger partial charge in [0.05, 0.1) is 43.9 Å². The molecule has 4 aromatic carbocycles. The Labute approximate surface area is 271 Å². The Hall–Kier alpha value is -3.89. The molecular formula is C33H22Cl2N2O5S2. The average molecular weight is 662 g/mol. The van der Waals surface area contributed by atoms with E-state index >= 15 is 0 Å². The molecule has 0 aromatic heterocycles. The van der Waals surface area contributed by atoms with Gasteiger partial charge in [0.25, 0.3) is 0 Å². The summed E-state index contributed by atoms with van der Waals surface area (Å²) in [5.41, 5.74) is 2.30. The number of carbonyl (C=O) groups excluding carboxylic acids is 5. The molecule has 0 radical (unpaired) electrons. The van der Waals surface area contributed by atoms with Gasteiger partial charge in [0, 0.05) is 44.6 Å². The highest BCUT2D eigenvalue weighted by Crippen LogP contribution is 2.55. The number of ketones is 3. The summed E-state index contributed by atoms with van der Waals surface area (Å²) in [5, 5.41) is 0.162. The molecule has 0 spiro atoms. The predicted molar refractivity (Wildman–Crippen MR) is 173 cm³/mol. The summed E-state index contributed by atoms with van der Waals surface area (Å²) in [7, 11) is 0. The van der Waals surface area contributed by atoms with Crippen LogP contribution in [0.4, 0.5) is 22.7 Å². The number of rotatable bonds is 4. The van der Waals surface area contributed by atoms with Crippen molar-refractivity contribution in [2.45, 2.75) is 47.3 Å². The van der Waals surface area contributed by atoms with Crippen LogP contribution < -0.4 is 9.80 Å². The lowest BCUT2D eigenvalue weighted by atomic mass is 9.97. The van der Waals surface area contributed by atoms with Gasteiger partial charge in [-0.1, -0.05) is 58.9 Å². The third-order valence-corrected chi connectivity index (χ3v) is 10.2. The van der Waals surface area contributed by atoms with Gasteiger partial charge in [-0.3, -0.25) is 33.8 Å². The molecule has 220 valence electrons. The Bertz CT molecular complexity index is 1870. The number of benzene rings is 4. The molecule has 2 aliphatic rings. The van der Waals surface area contributed by atoms with Gasteiger partial charge in [-0.2, -0.15) is 0 Å². The van der Waals surface area contributed by atoms with E-state index in [2.05, 4.69) is 0 Å². The second kappa shape index (κ2) is 11.2. The minimum Gasteiger partial charge on any atom is -0.295 e. The monoisotopic (exact) mass is 660 g/mol. The number of Topliss-reactive ketones (excluding diaryl/α,β-unsaturated/α-hetero) is 2. The van der Waals surface area contributed by atoms with Crippen LogP contribution in [-0.2, 0) is 9.59 Å². The minimum atomic E-state index is -0.593. The van der Waals surface area contributed by atoms with E-state index in [0.717, 1.165) is 9.79 Å². The molecule has 0 unspecified atom stereocenters. The van der Waals surface area contributed by atoms with Crippen molar-refractivity contribution in [3.8, 4) is 0 Å². The van der Waals surface area contributed by atoms with E-state index in [9.17, 15) is 24.0 Å². The third-order valence-electron chi connectivity index (χ3n) is 7.36. The highest BCUT2D eigenvalue weighted by Gasteiger charge is 2.37. The molecule has 4 aromatic rings. The molecule has 0 atom stereocenters. The van der Waals surface area contributed by atoms with E-state index < -0.39 is 17.6 Å². The van der Waals surface area contributed by atoms with Gasteiger partial charge in [0.2, 0.25) is 11.8 Å². The molecule has 2 heterocycles. The van der Waals surface area contributed by atoms with Crippen LogP contribution in [0.25, 0.3) is 0 Å². The number of carbonyl (C=O) groups is 5. The Morgan fingerprint density at radius 1 is 0.545 bits per heavy atom. The summed E-state index contributed by atoms with van der Waals surface area (Å²) >= 11 is 16.2. The molecule has 44 heavy (non-hydrogen) atoms. The maximum absolute atomic E-state index is 14.8. The maximum Gasteiger partial charge on any atom is 0.228 e. The van der Waals surface area contributed by atoms with Crippen LogP contribution in [0, 0.1) is 0 Å². The molecule has 2 amide bonds. The molecule has 2 aliphatic heterocycles. The number of hydrogen-bond acceptors (Lipinski definition) is 7. The van der Waals surface area contributed by atoms with Gasteiger partial charge in [0.15, 0.2) is 17.3 Å². The lowest BCUT2D eigenvalue weighted by Gasteiger charge is -2.34. The van der Waals surface area contributed by atoms with Crippen LogP contribution in [0.5, 0.6) is 0 Å². The van der Waals surface area contributed by atoms with Crippen molar-refractivity contribution < 1.29 is 24.0 Å². The summed E-state index contributed by atoms with van der Waals surface area (Å²) in [6.07, 6.45) is 0. The Kier molecular flexibility index (Phi) is 7.70. The summed E-state index contributed by atoms with van der Waals surface area (Å²) in [5.74, 6) is -1.72. The van der Waals surface area contributed by atoms with Gasteiger partial charge >= 0.3 is 0 Å². The number of fused-ring (bicyclic) bond motifs is 4. The largest absolute Gasteiger partial charge is 0.295 e. The van der Waals surface area contributed by atoms with E-state index in [4.69, 9.17) is 23.2 Å². The molecule has 0 saturated carbocycles. The molecule has 0 N–H and O–H groups in total. The van der Waals surface area contributed by atoms with E-state index in [1.807, 2.05) is 0 Å². The summed E-state index contributed by atoms with van der Waals surface area (Å²) in [6.45, 7) is 5.61. The Morgan fingerprint density at radius 2 is 0.909 bits per heavy atom. The zero-order valence-corrected chi connectivity index (χ0v) is 26.9. The maximum atomic E-state index is 14.8. The van der Waals surface area contributed by atoms with E-state index in [0.29, 0.717) is 32.3 Å². The Morgan fingerprint density at radius 3 is 1.25 bits per heavy atom. The normalized spacial score (nSPS) is 13.0. The van der Waals surface area contributed by atoms with Crippen molar-refractivity contribution in [3.63, 3.8) is 0 Å². The third kappa shape index (κ3) is 4.84. The molecule has 7 nitrogen and oxygen atoms in total. The van der Waals surface area contributed by atoms with Gasteiger partial charge < -0.3 is 0 Å². The number of nitrogens with zero attached hydrogens (tertiary/aromatic N) is 2. The summed E-state index contributed by atoms with van der Waals surface area (Å²) < 4.78 is 0. The van der Waals surface area contributed by atoms with Crippen LogP contribution in [0.3, 0.4) is 0 Å². The first-order valence-electron chi connectivity index (χ1n) is 13.4. The van der Waals surface area contributed by atoms with Crippen LogP contribution >= 0.6 is 46.7 Å². The minimum absolute atomic E-state index is 0.0258. The SMILES string of the molecule is CC(=O)c1ccc2c(c1)N(C(C)=O)c1c(ccc(Cl)c1C(=O)c1c(Cl)ccc3c1N(C(C)=O)c1cc(C(C)=O)ccc1S3)S2. The fraction of sp³-hybridized carbons (Fsp3) is 0.121. The molecular weight excluding hydrogens is 639 g/mol. The first kappa shape index (κ1) is 30.1. The van der Waals surface area contributed by atoms with E-state index in [1.165, 1.54) is 61.0 Å². The first-order valence-corrected chi connectivity index (χ1v) is 15.7. The topological polar surface area (TPSA) is 91.8 Å². The number of anilines is 4. The molecule has 0 saturated heterocycles. The highest BCUT2D eigenvalue weighted by molar-refractivity contribution is 8.00. The van der Waals surface area contributed by atoms with Crippen LogP contribution in [0.1, 0.15) is 64.3 Å². The average Bonchev–Trinajstić information content (AvgIpc) is 2.97. The zero-order valence-electron chi connectivity index (χ0n) is 23.8. The van der Waals surface area contributed by atoms with Crippen molar-refractivity contribution in [3.05, 3.63) is 93.0 Å². The molecule has 6 rings (SSSR count). The number of halogens is 2. The number of hydrogen-bond donors (Lipinski definition) is 0. The fourth-order valence-electron chi connectivity index (χ4n) is 5.39. The molecule has 0 fully saturated rings. The molecule has 11 heteroatoms. The highest BCUT2D eigenvalue weighted by atomic mass is 35.5. The van der Waals surface area contributed by atoms with Gasteiger partial charge in [-0.25, -0.2) is 0 Å². The van der Waals surface area contributed by atoms with Gasteiger partial charge in [-0.15, -0.1) is 0 Å². The summed E-state index contributed by atoms with van der Waals surface area (Å²) in [4.78, 5) is 71.2. The van der Waals surface area contributed by atoms with Crippen LogP contribution in [-0.4, -0.2) is 29.2 Å². The zero-order chi connectivity index (χ0) is 31.6. The fourth-order valence-corrected chi connectivity index (χ4v) is 7.97. The predicted octanol–water partition coefficient (Wildman–Crippen LogP) is 8.93. The van der Waals surface area contributed by atoms with Crippen molar-refractivity contribution >= 4 is 98.6 Å². The van der Waals surface area contributed by atoms with Crippen LogP contribution in [0.15, 0.2) is 80.2 Å². The standard InChI is InChI=1S/C33H22Cl2N2O5S2/c1-15(38)19-5-9-25-23(13-19)36(17(3)40)31-27(43-25)11-7-21(34)29(31)33(42)30-22(35)8-12-28-32(30)37(18(4)41)24-14-20(16(2)39)6-10-26(24)44-28/h5-14H,1-4H3. The van der Waals surface area contributed by atoms with Crippen molar-refractivity contribution in [1.82, 2.24) is 0 Å². The van der Waals surface area contributed by atoms with E-state index in [1.54, 1.807) is 60.7 Å². The van der Waals surface area contributed by atoms with Crippen LogP contribution in [0.2, 0.25) is 10.0 Å². The molecule has 0 bridgehead atoms. The second-order valence-corrected chi connectivity index (χ2v) is 13.2. The lowest BCUT2D eigenvalue weighted by Crippen LogP contribution is -2.30. The van der Waals surface area contributed by atoms with Crippen molar-refractivity contribution in [2.24, 2.45) is 0 Å². The van der Waals surface area contributed by atoms with Gasteiger partial charge in [-0.05, 0) is 62.4 Å². The number of amides is 2. The first-order chi connectivity index (χ1) is 20.9. The summed E-state index contributed by atoms with van der Waals surface area (Å²) in [6, 6.07) is 16.8. The quantitative estimate of drug-likeness (QED) is 0.202. The molecule has 0 aliphatic carbocycles. The van der Waals surface area contributed by atoms with Crippen molar-refractivity contribution in [2.75, 3.05) is 9.80 Å². The second-order valence-electron chi connectivity index (χ2n) is 10.3. The lowest BCUT2D eigenvalue weighted by molar-refractivity contribution is -0.116.